The van der Waals surface area contributed by atoms with Crippen LogP contribution in [-0.4, -0.2) is 71.7 Å². The van der Waals surface area contributed by atoms with Crippen LogP contribution in [0.2, 0.25) is 0 Å². The van der Waals surface area contributed by atoms with Crippen molar-refractivity contribution in [1.29, 1.82) is 0 Å². The SMILES string of the molecule is Cc1nc2cc(C(=O)N(CCN(C)C)C[C@H]3CCCO3)ccc2n1C. The van der Waals surface area contributed by atoms with E-state index in [1.165, 1.54) is 0 Å². The first-order valence-electron chi connectivity index (χ1n) is 8.94. The van der Waals surface area contributed by atoms with E-state index in [4.69, 9.17) is 4.74 Å². The molecule has 0 saturated carbocycles. The first-order valence-corrected chi connectivity index (χ1v) is 8.94. The molecule has 0 bridgehead atoms. The summed E-state index contributed by atoms with van der Waals surface area (Å²) in [6.45, 7) is 4.97. The second-order valence-corrected chi connectivity index (χ2v) is 7.11. The van der Waals surface area contributed by atoms with Gasteiger partial charge in [0, 0.05) is 38.9 Å². The largest absolute Gasteiger partial charge is 0.376 e. The number of imidazole rings is 1. The second-order valence-electron chi connectivity index (χ2n) is 7.11. The minimum atomic E-state index is 0.0579. The van der Waals surface area contributed by atoms with E-state index in [1.54, 1.807) is 0 Å². The van der Waals surface area contributed by atoms with Crippen molar-refractivity contribution in [3.05, 3.63) is 29.6 Å². The highest BCUT2D eigenvalue weighted by Gasteiger charge is 2.24. The molecule has 1 aromatic heterocycles. The molecule has 0 spiro atoms. The van der Waals surface area contributed by atoms with Gasteiger partial charge in [-0.1, -0.05) is 0 Å². The molecule has 0 aliphatic carbocycles. The molecule has 1 saturated heterocycles. The lowest BCUT2D eigenvalue weighted by molar-refractivity contribution is 0.0512. The predicted molar refractivity (Wildman–Crippen MR) is 98.9 cm³/mol. The van der Waals surface area contributed by atoms with E-state index in [9.17, 15) is 4.79 Å². The average molecular weight is 344 g/mol. The Morgan fingerprint density at radius 1 is 1.36 bits per heavy atom. The first-order chi connectivity index (χ1) is 12.0. The summed E-state index contributed by atoms with van der Waals surface area (Å²) in [5.74, 6) is 1.01. The second kappa shape index (κ2) is 7.54. The zero-order valence-electron chi connectivity index (χ0n) is 15.7. The fraction of sp³-hybridized carbons (Fsp3) is 0.579. The molecular weight excluding hydrogens is 316 g/mol. The Labute approximate surface area is 149 Å². The van der Waals surface area contributed by atoms with Crippen LogP contribution in [0.1, 0.15) is 29.0 Å². The van der Waals surface area contributed by atoms with Crippen molar-refractivity contribution in [1.82, 2.24) is 19.4 Å². The maximum absolute atomic E-state index is 13.1. The number of carbonyl (C=O) groups excluding carboxylic acids is 1. The van der Waals surface area contributed by atoms with Crippen LogP contribution >= 0.6 is 0 Å². The van der Waals surface area contributed by atoms with Gasteiger partial charge < -0.3 is 19.1 Å². The summed E-state index contributed by atoms with van der Waals surface area (Å²) in [7, 11) is 6.04. The Hall–Kier alpha value is -1.92. The lowest BCUT2D eigenvalue weighted by atomic mass is 10.1. The fourth-order valence-corrected chi connectivity index (χ4v) is 3.27. The number of nitrogens with zero attached hydrogens (tertiary/aromatic N) is 4. The van der Waals surface area contributed by atoms with Gasteiger partial charge in [0.25, 0.3) is 5.91 Å². The quantitative estimate of drug-likeness (QED) is 0.805. The van der Waals surface area contributed by atoms with Gasteiger partial charge in [-0.05, 0) is 52.1 Å². The average Bonchev–Trinajstić information content (AvgIpc) is 3.19. The number of aryl methyl sites for hydroxylation is 2. The van der Waals surface area contributed by atoms with E-state index in [0.717, 1.165) is 42.9 Å². The van der Waals surface area contributed by atoms with Crippen LogP contribution in [0.5, 0.6) is 0 Å². The van der Waals surface area contributed by atoms with Crippen molar-refractivity contribution < 1.29 is 9.53 Å². The number of hydrogen-bond donors (Lipinski definition) is 0. The molecule has 2 aromatic rings. The molecule has 6 nitrogen and oxygen atoms in total. The summed E-state index contributed by atoms with van der Waals surface area (Å²) in [6, 6.07) is 5.80. The molecular formula is C19H28N4O2. The third-order valence-electron chi connectivity index (χ3n) is 4.90. The molecule has 2 heterocycles. The Bertz CT molecular complexity index is 747. The number of carbonyl (C=O) groups is 1. The van der Waals surface area contributed by atoms with Crippen LogP contribution in [0.4, 0.5) is 0 Å². The zero-order valence-corrected chi connectivity index (χ0v) is 15.7. The number of benzene rings is 1. The van der Waals surface area contributed by atoms with Crippen LogP contribution in [0, 0.1) is 6.92 Å². The van der Waals surface area contributed by atoms with E-state index in [0.29, 0.717) is 18.7 Å². The van der Waals surface area contributed by atoms with Crippen molar-refractivity contribution in [2.45, 2.75) is 25.9 Å². The lowest BCUT2D eigenvalue weighted by Crippen LogP contribution is -2.41. The highest BCUT2D eigenvalue weighted by atomic mass is 16.5. The van der Waals surface area contributed by atoms with Crippen LogP contribution < -0.4 is 0 Å². The van der Waals surface area contributed by atoms with E-state index >= 15 is 0 Å². The van der Waals surface area contributed by atoms with Crippen molar-refractivity contribution in [2.75, 3.05) is 40.3 Å². The molecule has 25 heavy (non-hydrogen) atoms. The van der Waals surface area contributed by atoms with Gasteiger partial charge in [-0.3, -0.25) is 4.79 Å². The normalized spacial score (nSPS) is 17.6. The molecule has 1 aromatic carbocycles. The molecule has 136 valence electrons. The topological polar surface area (TPSA) is 50.6 Å². The van der Waals surface area contributed by atoms with Crippen LogP contribution in [0.25, 0.3) is 11.0 Å². The summed E-state index contributed by atoms with van der Waals surface area (Å²) >= 11 is 0. The molecule has 6 heteroatoms. The summed E-state index contributed by atoms with van der Waals surface area (Å²) in [5.41, 5.74) is 2.62. The van der Waals surface area contributed by atoms with Gasteiger partial charge in [-0.15, -0.1) is 0 Å². The van der Waals surface area contributed by atoms with E-state index in [2.05, 4.69) is 9.88 Å². The number of ether oxygens (including phenoxy) is 1. The molecule has 1 amide bonds. The molecule has 0 unspecified atom stereocenters. The van der Waals surface area contributed by atoms with Gasteiger partial charge >= 0.3 is 0 Å². The van der Waals surface area contributed by atoms with E-state index in [-0.39, 0.29) is 12.0 Å². The Balaban J connectivity index is 1.82. The third kappa shape index (κ3) is 4.02. The van der Waals surface area contributed by atoms with Crippen molar-refractivity contribution in [3.63, 3.8) is 0 Å². The molecule has 1 fully saturated rings. The zero-order chi connectivity index (χ0) is 18.0. The van der Waals surface area contributed by atoms with Crippen molar-refractivity contribution in [2.24, 2.45) is 7.05 Å². The molecule has 1 atom stereocenters. The summed E-state index contributed by atoms with van der Waals surface area (Å²) < 4.78 is 7.78. The smallest absolute Gasteiger partial charge is 0.254 e. The Morgan fingerprint density at radius 3 is 2.84 bits per heavy atom. The monoisotopic (exact) mass is 344 g/mol. The van der Waals surface area contributed by atoms with Gasteiger partial charge in [-0.2, -0.15) is 0 Å². The lowest BCUT2D eigenvalue weighted by Gasteiger charge is -2.27. The summed E-state index contributed by atoms with van der Waals surface area (Å²) in [4.78, 5) is 21.7. The summed E-state index contributed by atoms with van der Waals surface area (Å²) in [5, 5.41) is 0. The predicted octanol–water partition coefficient (Wildman–Crippen LogP) is 2.06. The summed E-state index contributed by atoms with van der Waals surface area (Å²) in [6.07, 6.45) is 2.27. The maximum Gasteiger partial charge on any atom is 0.254 e. The first kappa shape index (κ1) is 17.9. The highest BCUT2D eigenvalue weighted by molar-refractivity contribution is 5.97. The number of likely N-dealkylation sites (N-methyl/N-ethyl adjacent to an activating group) is 1. The number of hydrogen-bond acceptors (Lipinski definition) is 4. The Kier molecular flexibility index (Phi) is 5.39. The van der Waals surface area contributed by atoms with Gasteiger partial charge in [0.2, 0.25) is 0 Å². The van der Waals surface area contributed by atoms with E-state index in [1.807, 2.05) is 55.7 Å². The van der Waals surface area contributed by atoms with Crippen LogP contribution in [0.3, 0.4) is 0 Å². The van der Waals surface area contributed by atoms with Crippen LogP contribution in [0.15, 0.2) is 18.2 Å². The van der Waals surface area contributed by atoms with Gasteiger partial charge in [0.05, 0.1) is 17.1 Å². The minimum Gasteiger partial charge on any atom is -0.376 e. The third-order valence-corrected chi connectivity index (χ3v) is 4.90. The van der Waals surface area contributed by atoms with E-state index < -0.39 is 0 Å². The maximum atomic E-state index is 13.1. The van der Waals surface area contributed by atoms with Gasteiger partial charge in [0.15, 0.2) is 0 Å². The van der Waals surface area contributed by atoms with Gasteiger partial charge in [0.1, 0.15) is 5.82 Å². The molecule has 0 radical (unpaired) electrons. The van der Waals surface area contributed by atoms with Gasteiger partial charge in [-0.25, -0.2) is 4.98 Å². The highest BCUT2D eigenvalue weighted by Crippen LogP contribution is 2.19. The fourth-order valence-electron chi connectivity index (χ4n) is 3.27. The minimum absolute atomic E-state index is 0.0579. The Morgan fingerprint density at radius 2 is 2.16 bits per heavy atom. The number of fused-ring (bicyclic) bond motifs is 1. The number of amides is 1. The van der Waals surface area contributed by atoms with Crippen LogP contribution in [-0.2, 0) is 11.8 Å². The van der Waals surface area contributed by atoms with Crippen molar-refractivity contribution >= 4 is 16.9 Å². The molecule has 0 N–H and O–H groups in total. The molecule has 1 aliphatic rings. The number of rotatable bonds is 6. The number of aromatic nitrogens is 2. The molecule has 1 aliphatic heterocycles. The van der Waals surface area contributed by atoms with Crippen molar-refractivity contribution in [3.8, 4) is 0 Å². The molecule has 3 rings (SSSR count). The standard InChI is InChI=1S/C19H28N4O2/c1-14-20-17-12-15(7-8-18(17)22(14)4)19(24)23(10-9-21(2)3)13-16-6-5-11-25-16/h7-8,12,16H,5-6,9-11,13H2,1-4H3/t16-/m1/s1.